The lowest BCUT2D eigenvalue weighted by molar-refractivity contribution is 0.102. The number of hydrogen-bond acceptors (Lipinski definition) is 2. The van der Waals surface area contributed by atoms with Gasteiger partial charge in [-0.15, -0.1) is 0 Å². The predicted octanol–water partition coefficient (Wildman–Crippen LogP) is 5.29. The zero-order valence-corrected chi connectivity index (χ0v) is 13.8. The topological polar surface area (TPSA) is 42.0 Å². The Morgan fingerprint density at radius 3 is 2.35 bits per heavy atom. The second kappa shape index (κ2) is 6.76. The van der Waals surface area contributed by atoms with E-state index in [1.807, 2.05) is 48.5 Å². The minimum Gasteiger partial charge on any atom is -0.322 e. The normalized spacial score (nSPS) is 10.7. The average molecular weight is 342 g/mol. The lowest BCUT2D eigenvalue weighted by atomic mass is 10.1. The maximum absolute atomic E-state index is 13.7. The molecule has 0 saturated carbocycles. The van der Waals surface area contributed by atoms with Gasteiger partial charge in [-0.1, -0.05) is 48.5 Å². The van der Waals surface area contributed by atoms with Crippen LogP contribution < -0.4 is 5.32 Å². The van der Waals surface area contributed by atoms with Gasteiger partial charge in [0.2, 0.25) is 0 Å². The lowest BCUT2D eigenvalue weighted by Gasteiger charge is -2.08. The van der Waals surface area contributed by atoms with Crippen LogP contribution in [0, 0.1) is 5.82 Å². The highest BCUT2D eigenvalue weighted by atomic mass is 19.1. The van der Waals surface area contributed by atoms with Gasteiger partial charge < -0.3 is 5.32 Å². The number of nitrogens with zero attached hydrogens (tertiary/aromatic N) is 1. The van der Waals surface area contributed by atoms with Crippen LogP contribution in [-0.4, -0.2) is 10.9 Å². The number of para-hydroxylation sites is 1. The van der Waals surface area contributed by atoms with Crippen LogP contribution in [0.2, 0.25) is 0 Å². The molecule has 0 bridgehead atoms. The van der Waals surface area contributed by atoms with Crippen LogP contribution in [0.25, 0.3) is 22.2 Å². The SMILES string of the molecule is O=C(Nc1ccc(-c2ccc3ccccc3n2)cc1)c1ccccc1F. The molecule has 0 atom stereocenters. The van der Waals surface area contributed by atoms with Crippen LogP contribution in [0.15, 0.2) is 84.9 Å². The predicted molar refractivity (Wildman–Crippen MR) is 102 cm³/mol. The molecule has 0 unspecified atom stereocenters. The van der Waals surface area contributed by atoms with Gasteiger partial charge in [0.05, 0.1) is 16.8 Å². The number of halogens is 1. The number of carbonyl (C=O) groups is 1. The number of hydrogen-bond donors (Lipinski definition) is 1. The zero-order chi connectivity index (χ0) is 17.9. The fourth-order valence-corrected chi connectivity index (χ4v) is 2.79. The maximum atomic E-state index is 13.7. The largest absolute Gasteiger partial charge is 0.322 e. The van der Waals surface area contributed by atoms with Gasteiger partial charge in [-0.05, 0) is 36.4 Å². The summed E-state index contributed by atoms with van der Waals surface area (Å²) in [4.78, 5) is 16.8. The number of amides is 1. The summed E-state index contributed by atoms with van der Waals surface area (Å²) in [6.07, 6.45) is 0. The molecule has 0 spiro atoms. The van der Waals surface area contributed by atoms with E-state index in [0.29, 0.717) is 5.69 Å². The standard InChI is InChI=1S/C22H15FN2O/c23-19-7-3-2-6-18(19)22(26)24-17-12-9-16(10-13-17)21-14-11-15-5-1-4-8-20(15)25-21/h1-14H,(H,24,26). The second-order valence-corrected chi connectivity index (χ2v) is 5.90. The van der Waals surface area contributed by atoms with Gasteiger partial charge in [-0.3, -0.25) is 4.79 Å². The maximum Gasteiger partial charge on any atom is 0.258 e. The molecule has 0 radical (unpaired) electrons. The number of carbonyl (C=O) groups excluding carboxylic acids is 1. The summed E-state index contributed by atoms with van der Waals surface area (Å²) in [6, 6.07) is 25.2. The third-order valence-corrected chi connectivity index (χ3v) is 4.16. The molecule has 3 aromatic carbocycles. The van der Waals surface area contributed by atoms with Crippen molar-refractivity contribution < 1.29 is 9.18 Å². The number of nitrogens with one attached hydrogen (secondary N) is 1. The highest BCUT2D eigenvalue weighted by molar-refractivity contribution is 6.04. The van der Waals surface area contributed by atoms with E-state index in [0.717, 1.165) is 22.2 Å². The molecular formula is C22H15FN2O. The van der Waals surface area contributed by atoms with E-state index in [1.54, 1.807) is 24.3 Å². The first-order chi connectivity index (χ1) is 12.7. The molecule has 126 valence electrons. The number of pyridine rings is 1. The minimum atomic E-state index is -0.540. The summed E-state index contributed by atoms with van der Waals surface area (Å²) in [5, 5.41) is 3.80. The molecule has 4 aromatic rings. The van der Waals surface area contributed by atoms with Crippen molar-refractivity contribution in [3.05, 3.63) is 96.3 Å². The first kappa shape index (κ1) is 16.0. The van der Waals surface area contributed by atoms with Crippen molar-refractivity contribution in [3.8, 4) is 11.3 Å². The molecule has 0 aliphatic carbocycles. The summed E-state index contributed by atoms with van der Waals surface area (Å²) in [6.45, 7) is 0. The highest BCUT2D eigenvalue weighted by Crippen LogP contribution is 2.23. The lowest BCUT2D eigenvalue weighted by Crippen LogP contribution is -2.13. The van der Waals surface area contributed by atoms with Crippen molar-refractivity contribution >= 4 is 22.5 Å². The molecule has 4 heteroatoms. The van der Waals surface area contributed by atoms with Gasteiger partial charge >= 0.3 is 0 Å². The molecule has 1 amide bonds. The van der Waals surface area contributed by atoms with Gasteiger partial charge in [0.25, 0.3) is 5.91 Å². The van der Waals surface area contributed by atoms with E-state index < -0.39 is 11.7 Å². The van der Waals surface area contributed by atoms with Crippen LogP contribution >= 0.6 is 0 Å². The first-order valence-electron chi connectivity index (χ1n) is 8.23. The molecule has 0 aliphatic heterocycles. The van der Waals surface area contributed by atoms with Gasteiger partial charge in [0.1, 0.15) is 5.82 Å². The average Bonchev–Trinajstić information content (AvgIpc) is 2.68. The number of fused-ring (bicyclic) bond motifs is 1. The van der Waals surface area contributed by atoms with Gasteiger partial charge in [-0.25, -0.2) is 9.37 Å². The Morgan fingerprint density at radius 2 is 1.54 bits per heavy atom. The molecule has 0 saturated heterocycles. The molecule has 4 rings (SSSR count). The Bertz CT molecular complexity index is 1090. The first-order valence-corrected chi connectivity index (χ1v) is 8.23. The highest BCUT2D eigenvalue weighted by Gasteiger charge is 2.11. The zero-order valence-electron chi connectivity index (χ0n) is 13.8. The van der Waals surface area contributed by atoms with Gasteiger partial charge in [-0.2, -0.15) is 0 Å². The molecule has 1 heterocycles. The van der Waals surface area contributed by atoms with Crippen LogP contribution in [0.1, 0.15) is 10.4 Å². The third kappa shape index (κ3) is 3.17. The van der Waals surface area contributed by atoms with E-state index in [4.69, 9.17) is 0 Å². The van der Waals surface area contributed by atoms with Crippen molar-refractivity contribution in [3.63, 3.8) is 0 Å². The molecule has 3 nitrogen and oxygen atoms in total. The summed E-state index contributed by atoms with van der Waals surface area (Å²) >= 11 is 0. The Morgan fingerprint density at radius 1 is 0.808 bits per heavy atom. The molecular weight excluding hydrogens is 327 g/mol. The van der Waals surface area contributed by atoms with Crippen LogP contribution in [-0.2, 0) is 0 Å². The third-order valence-electron chi connectivity index (χ3n) is 4.16. The van der Waals surface area contributed by atoms with Crippen molar-refractivity contribution in [2.45, 2.75) is 0 Å². The van der Waals surface area contributed by atoms with Crippen LogP contribution in [0.4, 0.5) is 10.1 Å². The summed E-state index contributed by atoms with van der Waals surface area (Å²) in [5.41, 5.74) is 3.35. The van der Waals surface area contributed by atoms with Crippen molar-refractivity contribution in [2.75, 3.05) is 5.32 Å². The smallest absolute Gasteiger partial charge is 0.258 e. The van der Waals surface area contributed by atoms with Gasteiger partial charge in [0.15, 0.2) is 0 Å². The Kier molecular flexibility index (Phi) is 4.15. The molecule has 1 aromatic heterocycles. The number of benzene rings is 3. The Labute approximate surface area is 150 Å². The summed E-state index contributed by atoms with van der Waals surface area (Å²) < 4.78 is 13.7. The quantitative estimate of drug-likeness (QED) is 0.549. The number of rotatable bonds is 3. The molecule has 0 aliphatic rings. The second-order valence-electron chi connectivity index (χ2n) is 5.90. The van der Waals surface area contributed by atoms with E-state index in [2.05, 4.69) is 10.3 Å². The molecule has 1 N–H and O–H groups in total. The number of anilines is 1. The molecule has 26 heavy (non-hydrogen) atoms. The molecule has 0 fully saturated rings. The van der Waals surface area contributed by atoms with Crippen LogP contribution in [0.5, 0.6) is 0 Å². The summed E-state index contributed by atoms with van der Waals surface area (Å²) in [5.74, 6) is -1.01. The fraction of sp³-hybridized carbons (Fsp3) is 0. The Balaban J connectivity index is 1.56. The van der Waals surface area contributed by atoms with E-state index in [9.17, 15) is 9.18 Å². The summed E-state index contributed by atoms with van der Waals surface area (Å²) in [7, 11) is 0. The minimum absolute atomic E-state index is 0.0211. The Hall–Kier alpha value is -3.53. The van der Waals surface area contributed by atoms with Crippen LogP contribution in [0.3, 0.4) is 0 Å². The van der Waals surface area contributed by atoms with Gasteiger partial charge in [0, 0.05) is 16.6 Å². The van der Waals surface area contributed by atoms with Crippen molar-refractivity contribution in [1.82, 2.24) is 4.98 Å². The van der Waals surface area contributed by atoms with E-state index in [-0.39, 0.29) is 5.56 Å². The fourth-order valence-electron chi connectivity index (χ4n) is 2.79. The monoisotopic (exact) mass is 342 g/mol. The van der Waals surface area contributed by atoms with Crippen molar-refractivity contribution in [1.29, 1.82) is 0 Å². The van der Waals surface area contributed by atoms with Crippen molar-refractivity contribution in [2.24, 2.45) is 0 Å². The van der Waals surface area contributed by atoms with E-state index in [1.165, 1.54) is 12.1 Å². The van der Waals surface area contributed by atoms with E-state index >= 15 is 0 Å². The number of aromatic nitrogens is 1.